The van der Waals surface area contributed by atoms with Gasteiger partial charge in [-0.3, -0.25) is 0 Å². The second-order valence-corrected chi connectivity index (χ2v) is 2.26. The Balaban J connectivity index is 2.41. The van der Waals surface area contributed by atoms with Gasteiger partial charge < -0.3 is 0 Å². The van der Waals surface area contributed by atoms with Gasteiger partial charge in [0, 0.05) is 0 Å². The summed E-state index contributed by atoms with van der Waals surface area (Å²) >= 11 is 0. The normalized spacial score (nSPS) is 23.0. The van der Waals surface area contributed by atoms with Crippen LogP contribution in [0.4, 0.5) is 0 Å². The minimum Gasteiger partial charge on any atom is -0.0798 e. The van der Waals surface area contributed by atoms with Crippen LogP contribution in [0.1, 0.15) is 12.8 Å². The van der Waals surface area contributed by atoms with Crippen molar-refractivity contribution in [2.24, 2.45) is 0 Å². The Kier molecular flexibility index (Phi) is 0.696. The van der Waals surface area contributed by atoms with Crippen molar-refractivity contribution in [3.8, 4) is 0 Å². The molecule has 0 aromatic rings. The van der Waals surface area contributed by atoms with Crippen molar-refractivity contribution in [2.75, 3.05) is 0 Å². The lowest BCUT2D eigenvalue weighted by molar-refractivity contribution is 1.30. The minimum absolute atomic E-state index is 1.17. The number of allylic oxidation sites excluding steroid dienone is 6. The van der Waals surface area contributed by atoms with E-state index in [9.17, 15) is 0 Å². The molecule has 0 N–H and O–H groups in total. The molecule has 0 fully saturated rings. The molecule has 2 aliphatic carbocycles. The largest absolute Gasteiger partial charge is 0.0798 e. The maximum absolute atomic E-state index is 2.23. The summed E-state index contributed by atoms with van der Waals surface area (Å²) in [4.78, 5) is 0. The first-order chi connectivity index (χ1) is 3.97. The van der Waals surface area contributed by atoms with Crippen LogP contribution in [0.3, 0.4) is 0 Å². The predicted molar refractivity (Wildman–Crippen MR) is 34.5 cm³/mol. The quantitative estimate of drug-likeness (QED) is 0.442. The molecule has 0 aromatic carbocycles. The summed E-state index contributed by atoms with van der Waals surface area (Å²) in [5.74, 6) is 0. The molecule has 0 nitrogen and oxygen atoms in total. The van der Waals surface area contributed by atoms with Crippen LogP contribution in [-0.4, -0.2) is 0 Å². The van der Waals surface area contributed by atoms with E-state index in [4.69, 9.17) is 0 Å². The van der Waals surface area contributed by atoms with Gasteiger partial charge in [0.1, 0.15) is 0 Å². The monoisotopic (exact) mass is 104 g/mol. The molecule has 2 rings (SSSR count). The summed E-state index contributed by atoms with van der Waals surface area (Å²) in [5.41, 5.74) is 3.06. The van der Waals surface area contributed by atoms with Crippen LogP contribution >= 0.6 is 0 Å². The fourth-order valence-corrected chi connectivity index (χ4v) is 1.27. The summed E-state index contributed by atoms with van der Waals surface area (Å²) in [7, 11) is 0. The average Bonchev–Trinajstić information content (AvgIpc) is 2.15. The molecule has 40 valence electrons. The van der Waals surface area contributed by atoms with E-state index >= 15 is 0 Å². The smallest absolute Gasteiger partial charge is 0.00915 e. The minimum atomic E-state index is 1.17. The van der Waals surface area contributed by atoms with Gasteiger partial charge in [-0.15, -0.1) is 0 Å². The van der Waals surface area contributed by atoms with Gasteiger partial charge in [0.15, 0.2) is 0 Å². The summed E-state index contributed by atoms with van der Waals surface area (Å²) in [6.45, 7) is 0. The molecule has 0 unspecified atom stereocenters. The zero-order valence-electron chi connectivity index (χ0n) is 4.72. The van der Waals surface area contributed by atoms with Crippen molar-refractivity contribution in [1.29, 1.82) is 0 Å². The van der Waals surface area contributed by atoms with Crippen molar-refractivity contribution in [3.63, 3.8) is 0 Å². The highest BCUT2D eigenvalue weighted by molar-refractivity contribution is 5.45. The average molecular weight is 104 g/mol. The van der Waals surface area contributed by atoms with Crippen LogP contribution in [0.2, 0.25) is 0 Å². The molecule has 2 aliphatic rings. The third-order valence-electron chi connectivity index (χ3n) is 1.73. The molecule has 0 atom stereocenters. The first kappa shape index (κ1) is 4.13. The van der Waals surface area contributed by atoms with Crippen LogP contribution in [-0.2, 0) is 0 Å². The number of rotatable bonds is 0. The molecule has 0 aromatic heterocycles. The van der Waals surface area contributed by atoms with Gasteiger partial charge in [-0.25, -0.2) is 0 Å². The fraction of sp³-hybridized carbons (Fsp3) is 0.250. The zero-order valence-corrected chi connectivity index (χ0v) is 4.72. The Morgan fingerprint density at radius 1 is 0.875 bits per heavy atom. The second-order valence-electron chi connectivity index (χ2n) is 2.26. The third-order valence-corrected chi connectivity index (χ3v) is 1.73. The summed E-state index contributed by atoms with van der Waals surface area (Å²) in [6.07, 6.45) is 11.3. The van der Waals surface area contributed by atoms with Crippen molar-refractivity contribution < 1.29 is 0 Å². The fourth-order valence-electron chi connectivity index (χ4n) is 1.27. The molecule has 0 heteroatoms. The van der Waals surface area contributed by atoms with Crippen LogP contribution in [0.5, 0.6) is 0 Å². The topological polar surface area (TPSA) is 0 Å². The standard InChI is InChI=1S/C8H8/c1-3-7-5-2-6-8(7)4-1/h1-3,6H,4-5H2. The number of hydrogen-bond acceptors (Lipinski definition) is 0. The Bertz CT molecular complexity index is 170. The molecule has 8 heavy (non-hydrogen) atoms. The highest BCUT2D eigenvalue weighted by Crippen LogP contribution is 2.27. The molecular weight excluding hydrogens is 96.1 g/mol. The molecule has 0 amide bonds. The van der Waals surface area contributed by atoms with E-state index < -0.39 is 0 Å². The maximum Gasteiger partial charge on any atom is -0.00915 e. The van der Waals surface area contributed by atoms with Crippen molar-refractivity contribution in [3.05, 3.63) is 35.5 Å². The summed E-state index contributed by atoms with van der Waals surface area (Å²) < 4.78 is 0. The van der Waals surface area contributed by atoms with Crippen LogP contribution in [0.15, 0.2) is 35.5 Å². The van der Waals surface area contributed by atoms with Gasteiger partial charge in [0.05, 0.1) is 0 Å². The molecule has 0 saturated carbocycles. The Morgan fingerprint density at radius 3 is 1.88 bits per heavy atom. The number of hydrogen-bond donors (Lipinski definition) is 0. The van der Waals surface area contributed by atoms with Gasteiger partial charge in [0.25, 0.3) is 0 Å². The lowest BCUT2D eigenvalue weighted by atomic mass is 10.2. The first-order valence-electron chi connectivity index (χ1n) is 3.02. The van der Waals surface area contributed by atoms with Crippen LogP contribution < -0.4 is 0 Å². The van der Waals surface area contributed by atoms with E-state index in [1.807, 2.05) is 0 Å². The van der Waals surface area contributed by atoms with E-state index in [0.717, 1.165) is 0 Å². The van der Waals surface area contributed by atoms with Gasteiger partial charge in [0.2, 0.25) is 0 Å². The molecule has 0 heterocycles. The highest BCUT2D eigenvalue weighted by atomic mass is 14.1. The van der Waals surface area contributed by atoms with Crippen LogP contribution in [0, 0.1) is 0 Å². The van der Waals surface area contributed by atoms with Gasteiger partial charge in [-0.2, -0.15) is 0 Å². The van der Waals surface area contributed by atoms with Gasteiger partial charge in [-0.1, -0.05) is 24.3 Å². The molecule has 0 aliphatic heterocycles. The van der Waals surface area contributed by atoms with E-state index in [-0.39, 0.29) is 0 Å². The highest BCUT2D eigenvalue weighted by Gasteiger charge is 2.08. The lowest BCUT2D eigenvalue weighted by Crippen LogP contribution is -1.67. The predicted octanol–water partition coefficient (Wildman–Crippen LogP) is 2.20. The van der Waals surface area contributed by atoms with E-state index in [1.54, 1.807) is 0 Å². The van der Waals surface area contributed by atoms with E-state index in [1.165, 1.54) is 24.0 Å². The third kappa shape index (κ3) is 0.401. The Morgan fingerprint density at radius 2 is 1.38 bits per heavy atom. The molecule has 0 bridgehead atoms. The Hall–Kier alpha value is -0.780. The van der Waals surface area contributed by atoms with E-state index in [2.05, 4.69) is 24.3 Å². The lowest BCUT2D eigenvalue weighted by Gasteiger charge is -1.86. The SMILES string of the molecule is C1=CC2=C(C=CC2)C1. The van der Waals surface area contributed by atoms with Crippen molar-refractivity contribution >= 4 is 0 Å². The maximum atomic E-state index is 2.23. The molecule has 0 spiro atoms. The van der Waals surface area contributed by atoms with Crippen LogP contribution in [0.25, 0.3) is 0 Å². The zero-order chi connectivity index (χ0) is 5.40. The Labute approximate surface area is 49.2 Å². The molecular formula is C8H8. The second kappa shape index (κ2) is 1.35. The van der Waals surface area contributed by atoms with Gasteiger partial charge >= 0.3 is 0 Å². The van der Waals surface area contributed by atoms with Crippen molar-refractivity contribution in [2.45, 2.75) is 12.8 Å². The first-order valence-corrected chi connectivity index (χ1v) is 3.02. The van der Waals surface area contributed by atoms with Crippen molar-refractivity contribution in [1.82, 2.24) is 0 Å². The molecule has 0 radical (unpaired) electrons. The van der Waals surface area contributed by atoms with Gasteiger partial charge in [-0.05, 0) is 24.0 Å². The molecule has 0 saturated heterocycles. The summed E-state index contributed by atoms with van der Waals surface area (Å²) in [6, 6.07) is 0. The summed E-state index contributed by atoms with van der Waals surface area (Å²) in [5, 5.41) is 0. The van der Waals surface area contributed by atoms with E-state index in [0.29, 0.717) is 0 Å².